The van der Waals surface area contributed by atoms with Crippen LogP contribution in [0.4, 0.5) is 0 Å². The highest BCUT2D eigenvalue weighted by atomic mass is 32.1. The van der Waals surface area contributed by atoms with Gasteiger partial charge in [-0.3, -0.25) is 0 Å². The second kappa shape index (κ2) is 4.38. The maximum atomic E-state index is 11.4. The molecule has 0 radical (unpaired) electrons. The smallest absolute Gasteiger partial charge is 0.331 e. The molecule has 0 atom stereocenters. The number of hydrogen-bond acceptors (Lipinski definition) is 5. The normalized spacial score (nSPS) is 11.9. The van der Waals surface area contributed by atoms with Crippen LogP contribution in [0.15, 0.2) is 30.3 Å². The zero-order valence-electron chi connectivity index (χ0n) is 10.9. The van der Waals surface area contributed by atoms with Gasteiger partial charge >= 0.3 is 5.97 Å². The lowest BCUT2D eigenvalue weighted by molar-refractivity contribution is -0.146. The Morgan fingerprint density at radius 1 is 1.35 bits per heavy atom. The van der Waals surface area contributed by atoms with Gasteiger partial charge in [0.25, 0.3) is 0 Å². The molecule has 3 aromatic rings. The summed E-state index contributed by atoms with van der Waals surface area (Å²) in [4.78, 5) is 12.2. The number of carbonyl (C=O) groups is 1. The lowest BCUT2D eigenvalue weighted by Gasteiger charge is -2.19. The van der Waals surface area contributed by atoms with E-state index >= 15 is 0 Å². The van der Waals surface area contributed by atoms with Crippen LogP contribution in [-0.4, -0.2) is 31.3 Å². The molecule has 2 heterocycles. The van der Waals surface area contributed by atoms with Gasteiger partial charge in [0.15, 0.2) is 11.4 Å². The highest BCUT2D eigenvalue weighted by Gasteiger charge is 2.34. The van der Waals surface area contributed by atoms with Gasteiger partial charge in [0, 0.05) is 4.70 Å². The summed E-state index contributed by atoms with van der Waals surface area (Å²) in [6.45, 7) is 3.14. The standard InChI is InChI=1S/C13H12N4O2S/c1-13(2,12(18)19)17-11(14-15-16-17)10-7-8-5-3-4-6-9(8)20-10/h3-7H,1-2H3,(H,18,19). The van der Waals surface area contributed by atoms with Gasteiger partial charge in [-0.05, 0) is 41.8 Å². The number of hydrogen-bond donors (Lipinski definition) is 1. The van der Waals surface area contributed by atoms with E-state index < -0.39 is 11.5 Å². The third kappa shape index (κ3) is 1.87. The predicted molar refractivity (Wildman–Crippen MR) is 75.6 cm³/mol. The second-order valence-electron chi connectivity index (χ2n) is 4.93. The molecule has 0 amide bonds. The van der Waals surface area contributed by atoms with E-state index in [1.807, 2.05) is 30.3 Å². The number of carboxylic acid groups (broad SMARTS) is 1. The van der Waals surface area contributed by atoms with E-state index in [0.717, 1.165) is 15.0 Å². The molecule has 3 rings (SSSR count). The Balaban J connectivity index is 2.16. The average Bonchev–Trinajstić information content (AvgIpc) is 3.04. The van der Waals surface area contributed by atoms with E-state index in [2.05, 4.69) is 15.5 Å². The van der Waals surface area contributed by atoms with Crippen LogP contribution in [0, 0.1) is 0 Å². The van der Waals surface area contributed by atoms with E-state index in [1.54, 1.807) is 25.2 Å². The molecular formula is C13H12N4O2S. The Morgan fingerprint density at radius 2 is 2.10 bits per heavy atom. The Kier molecular flexibility index (Phi) is 2.79. The second-order valence-corrected chi connectivity index (χ2v) is 6.01. The minimum absolute atomic E-state index is 0.471. The van der Waals surface area contributed by atoms with Gasteiger partial charge in [0.2, 0.25) is 0 Å². The minimum atomic E-state index is -1.20. The number of fused-ring (bicyclic) bond motifs is 1. The highest BCUT2D eigenvalue weighted by Crippen LogP contribution is 2.33. The summed E-state index contributed by atoms with van der Waals surface area (Å²) >= 11 is 1.54. The van der Waals surface area contributed by atoms with Crippen molar-refractivity contribution in [1.29, 1.82) is 0 Å². The number of rotatable bonds is 3. The molecule has 0 fully saturated rings. The molecule has 102 valence electrons. The number of benzene rings is 1. The van der Waals surface area contributed by atoms with Crippen molar-refractivity contribution in [1.82, 2.24) is 20.2 Å². The summed E-state index contributed by atoms with van der Waals surface area (Å²) in [5.74, 6) is -0.509. The fourth-order valence-corrected chi connectivity index (χ4v) is 2.93. The summed E-state index contributed by atoms with van der Waals surface area (Å²) in [6, 6.07) is 9.92. The molecule has 1 aromatic carbocycles. The number of thiophene rings is 1. The summed E-state index contributed by atoms with van der Waals surface area (Å²) < 4.78 is 2.46. The quantitative estimate of drug-likeness (QED) is 0.800. The van der Waals surface area contributed by atoms with Crippen molar-refractivity contribution >= 4 is 27.4 Å². The summed E-state index contributed by atoms with van der Waals surface area (Å²) in [5.41, 5.74) is -1.20. The molecule has 0 bridgehead atoms. The first-order valence-corrected chi connectivity index (χ1v) is 6.83. The van der Waals surface area contributed by atoms with Crippen molar-refractivity contribution in [3.8, 4) is 10.7 Å². The zero-order valence-corrected chi connectivity index (χ0v) is 11.8. The molecule has 0 unspecified atom stereocenters. The van der Waals surface area contributed by atoms with E-state index in [9.17, 15) is 9.90 Å². The van der Waals surface area contributed by atoms with Crippen molar-refractivity contribution in [2.45, 2.75) is 19.4 Å². The molecular weight excluding hydrogens is 276 g/mol. The van der Waals surface area contributed by atoms with Crippen LogP contribution in [0.2, 0.25) is 0 Å². The lowest BCUT2D eigenvalue weighted by Crippen LogP contribution is -2.37. The zero-order chi connectivity index (χ0) is 14.3. The van der Waals surface area contributed by atoms with Crippen LogP contribution in [0.5, 0.6) is 0 Å². The van der Waals surface area contributed by atoms with Crippen LogP contribution < -0.4 is 0 Å². The molecule has 0 saturated carbocycles. The topological polar surface area (TPSA) is 80.9 Å². The Hall–Kier alpha value is -2.28. The fourth-order valence-electron chi connectivity index (χ4n) is 1.90. The van der Waals surface area contributed by atoms with Crippen molar-refractivity contribution in [2.75, 3.05) is 0 Å². The first-order chi connectivity index (χ1) is 9.50. The van der Waals surface area contributed by atoms with Crippen LogP contribution >= 0.6 is 11.3 Å². The molecule has 0 spiro atoms. The number of nitrogens with zero attached hydrogens (tertiary/aromatic N) is 4. The first kappa shape index (κ1) is 12.7. The maximum absolute atomic E-state index is 11.4. The van der Waals surface area contributed by atoms with Crippen LogP contribution in [0.25, 0.3) is 20.8 Å². The van der Waals surface area contributed by atoms with Crippen molar-refractivity contribution in [3.63, 3.8) is 0 Å². The third-order valence-electron chi connectivity index (χ3n) is 3.17. The molecule has 20 heavy (non-hydrogen) atoms. The molecule has 0 aliphatic carbocycles. The van der Waals surface area contributed by atoms with Gasteiger partial charge in [-0.2, -0.15) is 0 Å². The molecule has 0 saturated heterocycles. The SMILES string of the molecule is CC(C)(C(=O)O)n1nnnc1-c1cc2ccccc2s1. The average molecular weight is 288 g/mol. The summed E-state index contributed by atoms with van der Waals surface area (Å²) in [7, 11) is 0. The van der Waals surface area contributed by atoms with Crippen molar-refractivity contribution < 1.29 is 9.90 Å². The number of tetrazole rings is 1. The van der Waals surface area contributed by atoms with Gasteiger partial charge in [0.05, 0.1) is 4.88 Å². The first-order valence-electron chi connectivity index (χ1n) is 6.01. The van der Waals surface area contributed by atoms with Crippen LogP contribution in [-0.2, 0) is 10.3 Å². The van der Waals surface area contributed by atoms with E-state index in [-0.39, 0.29) is 0 Å². The minimum Gasteiger partial charge on any atom is -0.479 e. The van der Waals surface area contributed by atoms with E-state index in [4.69, 9.17) is 0 Å². The number of carboxylic acids is 1. The number of aliphatic carboxylic acids is 1. The van der Waals surface area contributed by atoms with E-state index in [0.29, 0.717) is 5.82 Å². The fraction of sp³-hybridized carbons (Fsp3) is 0.231. The Bertz CT molecular complexity index is 757. The van der Waals surface area contributed by atoms with Gasteiger partial charge in [-0.1, -0.05) is 18.2 Å². The number of aromatic nitrogens is 4. The maximum Gasteiger partial charge on any atom is 0.331 e. The molecule has 0 aliphatic heterocycles. The largest absolute Gasteiger partial charge is 0.479 e. The monoisotopic (exact) mass is 288 g/mol. The van der Waals surface area contributed by atoms with Gasteiger partial charge < -0.3 is 5.11 Å². The highest BCUT2D eigenvalue weighted by molar-refractivity contribution is 7.22. The van der Waals surface area contributed by atoms with Gasteiger partial charge in [-0.25, -0.2) is 9.48 Å². The molecule has 2 aromatic heterocycles. The Morgan fingerprint density at radius 3 is 2.80 bits per heavy atom. The molecule has 6 nitrogen and oxygen atoms in total. The van der Waals surface area contributed by atoms with Crippen molar-refractivity contribution in [3.05, 3.63) is 30.3 Å². The van der Waals surface area contributed by atoms with Crippen LogP contribution in [0.1, 0.15) is 13.8 Å². The molecule has 7 heteroatoms. The van der Waals surface area contributed by atoms with Gasteiger partial charge in [-0.15, -0.1) is 16.4 Å². The molecule has 1 N–H and O–H groups in total. The third-order valence-corrected chi connectivity index (χ3v) is 4.28. The van der Waals surface area contributed by atoms with Gasteiger partial charge in [0.1, 0.15) is 0 Å². The summed E-state index contributed by atoms with van der Waals surface area (Å²) in [6.07, 6.45) is 0. The van der Waals surface area contributed by atoms with Crippen LogP contribution in [0.3, 0.4) is 0 Å². The van der Waals surface area contributed by atoms with Crippen molar-refractivity contribution in [2.24, 2.45) is 0 Å². The Labute approximate surface area is 118 Å². The van der Waals surface area contributed by atoms with E-state index in [1.165, 1.54) is 4.68 Å². The lowest BCUT2D eigenvalue weighted by atomic mass is 10.1. The molecule has 0 aliphatic rings. The summed E-state index contributed by atoms with van der Waals surface area (Å²) in [5, 5.41) is 21.8. The predicted octanol–water partition coefficient (Wildman–Crippen LogP) is 2.37.